The molecule has 6 nitrogen and oxygen atoms in total. The molecule has 0 bridgehead atoms. The SMILES string of the molecule is CC(C)(CN)NC(=O)c1ccc([N+](=O)[O-])cc1Br. The minimum atomic E-state index is -0.529. The highest BCUT2D eigenvalue weighted by Crippen LogP contribution is 2.23. The van der Waals surface area contributed by atoms with Crippen LogP contribution in [0.1, 0.15) is 24.2 Å². The Labute approximate surface area is 113 Å². The number of nitrogens with one attached hydrogen (secondary N) is 1. The smallest absolute Gasteiger partial charge is 0.270 e. The molecule has 1 rings (SSSR count). The summed E-state index contributed by atoms with van der Waals surface area (Å²) >= 11 is 3.15. The molecule has 18 heavy (non-hydrogen) atoms. The van der Waals surface area contributed by atoms with Gasteiger partial charge in [0.2, 0.25) is 0 Å². The van der Waals surface area contributed by atoms with Crippen LogP contribution in [0.2, 0.25) is 0 Å². The molecule has 0 aromatic heterocycles. The molecule has 0 fully saturated rings. The molecule has 0 spiro atoms. The largest absolute Gasteiger partial charge is 0.346 e. The fourth-order valence-electron chi connectivity index (χ4n) is 1.23. The summed E-state index contributed by atoms with van der Waals surface area (Å²) in [6, 6.07) is 3.99. The highest BCUT2D eigenvalue weighted by molar-refractivity contribution is 9.10. The van der Waals surface area contributed by atoms with Crippen LogP contribution in [0.5, 0.6) is 0 Å². The zero-order valence-electron chi connectivity index (χ0n) is 10.1. The van der Waals surface area contributed by atoms with Crippen LogP contribution in [-0.2, 0) is 0 Å². The summed E-state index contributed by atoms with van der Waals surface area (Å²) in [5.74, 6) is -0.327. The van der Waals surface area contributed by atoms with Crippen molar-refractivity contribution < 1.29 is 9.72 Å². The monoisotopic (exact) mass is 315 g/mol. The van der Waals surface area contributed by atoms with E-state index in [1.807, 2.05) is 0 Å². The molecule has 1 amide bonds. The number of nitro groups is 1. The summed E-state index contributed by atoms with van der Waals surface area (Å²) in [4.78, 5) is 22.0. The van der Waals surface area contributed by atoms with Gasteiger partial charge in [0.25, 0.3) is 11.6 Å². The highest BCUT2D eigenvalue weighted by atomic mass is 79.9. The molecule has 1 aromatic carbocycles. The average Bonchev–Trinajstić information content (AvgIpc) is 2.28. The predicted octanol–water partition coefficient (Wildman–Crippen LogP) is 1.82. The van der Waals surface area contributed by atoms with Gasteiger partial charge in [0.15, 0.2) is 0 Å². The van der Waals surface area contributed by atoms with Crippen molar-refractivity contribution >= 4 is 27.5 Å². The van der Waals surface area contributed by atoms with E-state index in [1.165, 1.54) is 18.2 Å². The molecule has 0 atom stereocenters. The van der Waals surface area contributed by atoms with E-state index in [1.54, 1.807) is 13.8 Å². The summed E-state index contributed by atoms with van der Waals surface area (Å²) in [6.45, 7) is 3.89. The zero-order valence-corrected chi connectivity index (χ0v) is 11.7. The van der Waals surface area contributed by atoms with Gasteiger partial charge < -0.3 is 11.1 Å². The molecule has 1 aromatic rings. The van der Waals surface area contributed by atoms with Gasteiger partial charge in [-0.3, -0.25) is 14.9 Å². The Morgan fingerprint density at radius 1 is 1.56 bits per heavy atom. The Kier molecular flexibility index (Phi) is 4.42. The lowest BCUT2D eigenvalue weighted by molar-refractivity contribution is -0.384. The van der Waals surface area contributed by atoms with E-state index in [4.69, 9.17) is 5.73 Å². The second-order valence-corrected chi connectivity index (χ2v) is 5.32. The highest BCUT2D eigenvalue weighted by Gasteiger charge is 2.21. The Morgan fingerprint density at radius 3 is 2.61 bits per heavy atom. The first-order chi connectivity index (χ1) is 8.26. The van der Waals surface area contributed by atoms with Gasteiger partial charge in [-0.1, -0.05) is 0 Å². The number of benzene rings is 1. The van der Waals surface area contributed by atoms with Gasteiger partial charge >= 0.3 is 0 Å². The number of carbonyl (C=O) groups is 1. The lowest BCUT2D eigenvalue weighted by Crippen LogP contribution is -2.48. The van der Waals surface area contributed by atoms with Crippen molar-refractivity contribution in [3.63, 3.8) is 0 Å². The van der Waals surface area contributed by atoms with Gasteiger partial charge in [-0.25, -0.2) is 0 Å². The topological polar surface area (TPSA) is 98.3 Å². The average molecular weight is 316 g/mol. The summed E-state index contributed by atoms with van der Waals surface area (Å²) in [6.07, 6.45) is 0. The first kappa shape index (κ1) is 14.6. The van der Waals surface area contributed by atoms with E-state index in [-0.39, 0.29) is 11.6 Å². The quantitative estimate of drug-likeness (QED) is 0.654. The maximum atomic E-state index is 12.0. The van der Waals surface area contributed by atoms with Crippen LogP contribution >= 0.6 is 15.9 Å². The van der Waals surface area contributed by atoms with Crippen LogP contribution in [0.25, 0.3) is 0 Å². The van der Waals surface area contributed by atoms with Gasteiger partial charge in [-0.2, -0.15) is 0 Å². The second kappa shape index (κ2) is 5.45. The number of non-ortho nitro benzene ring substituents is 1. The molecule has 7 heteroatoms. The minimum Gasteiger partial charge on any atom is -0.346 e. The van der Waals surface area contributed by atoms with E-state index in [0.717, 1.165) is 0 Å². The van der Waals surface area contributed by atoms with Crippen molar-refractivity contribution in [2.45, 2.75) is 19.4 Å². The van der Waals surface area contributed by atoms with Crippen molar-refractivity contribution in [3.8, 4) is 0 Å². The zero-order chi connectivity index (χ0) is 13.9. The lowest BCUT2D eigenvalue weighted by Gasteiger charge is -2.24. The first-order valence-corrected chi connectivity index (χ1v) is 6.02. The molecule has 0 unspecified atom stereocenters. The molecule has 0 aliphatic rings. The van der Waals surface area contributed by atoms with E-state index in [0.29, 0.717) is 16.6 Å². The van der Waals surface area contributed by atoms with Crippen molar-refractivity contribution in [2.24, 2.45) is 5.73 Å². The van der Waals surface area contributed by atoms with Crippen LogP contribution < -0.4 is 11.1 Å². The van der Waals surface area contributed by atoms with Crippen LogP contribution in [0.3, 0.4) is 0 Å². The van der Waals surface area contributed by atoms with Crippen LogP contribution in [-0.4, -0.2) is 22.9 Å². The van der Waals surface area contributed by atoms with Gasteiger partial charge in [0.05, 0.1) is 10.5 Å². The molecular formula is C11H14BrN3O3. The number of hydrogen-bond donors (Lipinski definition) is 2. The maximum Gasteiger partial charge on any atom is 0.270 e. The normalized spacial score (nSPS) is 11.1. The maximum absolute atomic E-state index is 12.0. The summed E-state index contributed by atoms with van der Waals surface area (Å²) in [7, 11) is 0. The third-order valence-electron chi connectivity index (χ3n) is 2.37. The van der Waals surface area contributed by atoms with Crippen molar-refractivity contribution in [2.75, 3.05) is 6.54 Å². The Hall–Kier alpha value is -1.47. The number of rotatable bonds is 4. The van der Waals surface area contributed by atoms with E-state index < -0.39 is 10.5 Å². The first-order valence-electron chi connectivity index (χ1n) is 5.23. The van der Waals surface area contributed by atoms with Crippen LogP contribution in [0, 0.1) is 10.1 Å². The fraction of sp³-hybridized carbons (Fsp3) is 0.364. The number of nitro benzene ring substituents is 1. The number of amides is 1. The Morgan fingerprint density at radius 2 is 2.17 bits per heavy atom. The summed E-state index contributed by atoms with van der Waals surface area (Å²) in [5, 5.41) is 13.3. The van der Waals surface area contributed by atoms with E-state index in [2.05, 4.69) is 21.2 Å². The number of halogens is 1. The number of carbonyl (C=O) groups excluding carboxylic acids is 1. The summed E-state index contributed by atoms with van der Waals surface area (Å²) < 4.78 is 0.377. The number of nitrogens with two attached hydrogens (primary N) is 1. The van der Waals surface area contributed by atoms with Gasteiger partial charge in [-0.05, 0) is 35.8 Å². The van der Waals surface area contributed by atoms with Crippen molar-refractivity contribution in [1.29, 1.82) is 0 Å². The third kappa shape index (κ3) is 3.51. The van der Waals surface area contributed by atoms with Gasteiger partial charge in [-0.15, -0.1) is 0 Å². The van der Waals surface area contributed by atoms with Crippen LogP contribution in [0.15, 0.2) is 22.7 Å². The van der Waals surface area contributed by atoms with E-state index >= 15 is 0 Å². The molecule has 0 aliphatic carbocycles. The second-order valence-electron chi connectivity index (χ2n) is 4.46. The standard InChI is InChI=1S/C11H14BrN3O3/c1-11(2,6-13)14-10(16)8-4-3-7(15(17)18)5-9(8)12/h3-5H,6,13H2,1-2H3,(H,14,16). The molecule has 98 valence electrons. The molecule has 0 saturated carbocycles. The predicted molar refractivity (Wildman–Crippen MR) is 71.4 cm³/mol. The molecule has 3 N–H and O–H groups in total. The Balaban J connectivity index is 2.97. The number of hydrogen-bond acceptors (Lipinski definition) is 4. The fourth-order valence-corrected chi connectivity index (χ4v) is 1.77. The van der Waals surface area contributed by atoms with Gasteiger partial charge in [0.1, 0.15) is 0 Å². The van der Waals surface area contributed by atoms with Crippen LogP contribution in [0.4, 0.5) is 5.69 Å². The number of nitrogens with zero attached hydrogens (tertiary/aromatic N) is 1. The van der Waals surface area contributed by atoms with Crippen molar-refractivity contribution in [3.05, 3.63) is 38.3 Å². The third-order valence-corrected chi connectivity index (χ3v) is 3.03. The van der Waals surface area contributed by atoms with Gasteiger partial charge in [0, 0.05) is 28.7 Å². The van der Waals surface area contributed by atoms with E-state index in [9.17, 15) is 14.9 Å². The molecular weight excluding hydrogens is 302 g/mol. The molecule has 0 aliphatic heterocycles. The molecule has 0 radical (unpaired) electrons. The molecule has 0 heterocycles. The minimum absolute atomic E-state index is 0.0727. The summed E-state index contributed by atoms with van der Waals surface area (Å²) in [5.41, 5.74) is 5.25. The Bertz CT molecular complexity index is 488. The lowest BCUT2D eigenvalue weighted by atomic mass is 10.1. The van der Waals surface area contributed by atoms with Crippen molar-refractivity contribution in [1.82, 2.24) is 5.32 Å². The molecule has 0 saturated heterocycles.